The van der Waals surface area contributed by atoms with Gasteiger partial charge in [-0.25, -0.2) is 4.98 Å². The molecule has 4 aromatic rings. The SMILES string of the molecule is N#Cc1ccc2[nH]cc(CCCCN3CCN(c4ccc5oc(C(N)=O)cc5c4)CC3)c2n1. The van der Waals surface area contributed by atoms with Crippen molar-refractivity contribution in [1.29, 1.82) is 5.26 Å². The molecular formula is C25H26N6O2. The molecular weight excluding hydrogens is 416 g/mol. The van der Waals surface area contributed by atoms with E-state index in [4.69, 9.17) is 15.4 Å². The number of nitrogens with one attached hydrogen (secondary N) is 1. The smallest absolute Gasteiger partial charge is 0.284 e. The summed E-state index contributed by atoms with van der Waals surface area (Å²) in [6.07, 6.45) is 5.19. The number of rotatable bonds is 7. The topological polar surface area (TPSA) is 115 Å². The molecule has 168 valence electrons. The molecule has 1 aliphatic heterocycles. The summed E-state index contributed by atoms with van der Waals surface area (Å²) in [5, 5.41) is 9.99. The van der Waals surface area contributed by atoms with Crippen molar-refractivity contribution in [3.8, 4) is 6.07 Å². The van der Waals surface area contributed by atoms with Crippen LogP contribution in [0, 0.1) is 11.3 Å². The predicted octanol–water partition coefficient (Wildman–Crippen LogP) is 3.42. The molecule has 0 spiro atoms. The van der Waals surface area contributed by atoms with Crippen molar-refractivity contribution in [2.24, 2.45) is 5.73 Å². The van der Waals surface area contributed by atoms with Crippen molar-refractivity contribution in [2.75, 3.05) is 37.6 Å². The van der Waals surface area contributed by atoms with E-state index in [1.807, 2.05) is 24.4 Å². The van der Waals surface area contributed by atoms with Crippen LogP contribution in [0.15, 0.2) is 47.0 Å². The zero-order chi connectivity index (χ0) is 22.8. The summed E-state index contributed by atoms with van der Waals surface area (Å²) in [4.78, 5) is 23.9. The molecule has 0 aliphatic carbocycles. The zero-order valence-electron chi connectivity index (χ0n) is 18.4. The van der Waals surface area contributed by atoms with Crippen LogP contribution in [0.3, 0.4) is 0 Å². The molecule has 33 heavy (non-hydrogen) atoms. The third kappa shape index (κ3) is 4.41. The Morgan fingerprint density at radius 1 is 1.15 bits per heavy atom. The Hall–Kier alpha value is -3.83. The Balaban J connectivity index is 1.11. The number of pyridine rings is 1. The van der Waals surface area contributed by atoms with E-state index in [9.17, 15) is 4.79 Å². The molecule has 0 atom stereocenters. The number of piperazine rings is 1. The lowest BCUT2D eigenvalue weighted by molar-refractivity contribution is 0.0976. The fourth-order valence-corrected chi connectivity index (χ4v) is 4.54. The number of H-pyrrole nitrogens is 1. The molecule has 4 heterocycles. The van der Waals surface area contributed by atoms with E-state index >= 15 is 0 Å². The van der Waals surface area contributed by atoms with Gasteiger partial charge in [0.25, 0.3) is 5.91 Å². The highest BCUT2D eigenvalue weighted by molar-refractivity contribution is 5.95. The number of furan rings is 1. The number of nitrogens with two attached hydrogens (primary N) is 1. The van der Waals surface area contributed by atoms with E-state index < -0.39 is 5.91 Å². The third-order valence-corrected chi connectivity index (χ3v) is 6.37. The van der Waals surface area contributed by atoms with Crippen molar-refractivity contribution in [3.05, 3.63) is 59.6 Å². The lowest BCUT2D eigenvalue weighted by Crippen LogP contribution is -2.46. The Morgan fingerprint density at radius 2 is 2.00 bits per heavy atom. The van der Waals surface area contributed by atoms with Crippen molar-refractivity contribution in [3.63, 3.8) is 0 Å². The number of primary amides is 1. The minimum Gasteiger partial charge on any atom is -0.451 e. The third-order valence-electron chi connectivity index (χ3n) is 6.37. The van der Waals surface area contributed by atoms with Gasteiger partial charge >= 0.3 is 0 Å². The molecule has 0 saturated carbocycles. The fourth-order valence-electron chi connectivity index (χ4n) is 4.54. The summed E-state index contributed by atoms with van der Waals surface area (Å²) in [5.41, 5.74) is 10.7. The monoisotopic (exact) mass is 442 g/mol. The van der Waals surface area contributed by atoms with Gasteiger partial charge in [-0.05, 0) is 67.8 Å². The summed E-state index contributed by atoms with van der Waals surface area (Å²) in [7, 11) is 0. The van der Waals surface area contributed by atoms with Crippen molar-refractivity contribution in [2.45, 2.75) is 19.3 Å². The average Bonchev–Trinajstić information content (AvgIpc) is 3.45. The van der Waals surface area contributed by atoms with Crippen LogP contribution in [0.4, 0.5) is 5.69 Å². The van der Waals surface area contributed by atoms with Crippen LogP contribution in [0.25, 0.3) is 22.0 Å². The molecule has 1 aliphatic rings. The quantitative estimate of drug-likeness (QED) is 0.424. The van der Waals surface area contributed by atoms with Crippen molar-refractivity contribution < 1.29 is 9.21 Å². The zero-order valence-corrected chi connectivity index (χ0v) is 18.4. The van der Waals surface area contributed by atoms with Crippen LogP contribution in [-0.2, 0) is 6.42 Å². The highest BCUT2D eigenvalue weighted by Crippen LogP contribution is 2.26. The van der Waals surface area contributed by atoms with Crippen LogP contribution < -0.4 is 10.6 Å². The predicted molar refractivity (Wildman–Crippen MR) is 127 cm³/mol. The number of carbonyl (C=O) groups is 1. The molecule has 8 heteroatoms. The number of aryl methyl sites for hydroxylation is 1. The first-order valence-electron chi connectivity index (χ1n) is 11.3. The van der Waals surface area contributed by atoms with Crippen LogP contribution in [-0.4, -0.2) is 53.5 Å². The van der Waals surface area contributed by atoms with Gasteiger partial charge in [-0.2, -0.15) is 5.26 Å². The highest BCUT2D eigenvalue weighted by Gasteiger charge is 2.18. The molecule has 0 unspecified atom stereocenters. The van der Waals surface area contributed by atoms with Crippen LogP contribution in [0.2, 0.25) is 0 Å². The standard InChI is InChI=1S/C25H26N6O2/c26-15-19-4-6-21-24(29-19)17(16-28-21)3-1-2-8-30-9-11-31(12-10-30)20-5-7-22-18(13-20)14-23(33-22)25(27)32/h4-7,13-14,16,28H,1-3,8-12H2,(H2,27,32). The molecule has 0 bridgehead atoms. The van der Waals surface area contributed by atoms with Gasteiger partial charge in [-0.3, -0.25) is 9.69 Å². The minimum absolute atomic E-state index is 0.195. The van der Waals surface area contributed by atoms with E-state index in [0.29, 0.717) is 11.3 Å². The van der Waals surface area contributed by atoms with Crippen LogP contribution >= 0.6 is 0 Å². The molecule has 0 radical (unpaired) electrons. The number of hydrogen-bond donors (Lipinski definition) is 2. The second-order valence-corrected chi connectivity index (χ2v) is 8.50. The molecule has 1 saturated heterocycles. The minimum atomic E-state index is -0.547. The Labute approximate surface area is 191 Å². The maximum atomic E-state index is 11.3. The lowest BCUT2D eigenvalue weighted by Gasteiger charge is -2.36. The van der Waals surface area contributed by atoms with Crippen molar-refractivity contribution in [1.82, 2.24) is 14.9 Å². The van der Waals surface area contributed by atoms with Gasteiger partial charge < -0.3 is 20.0 Å². The lowest BCUT2D eigenvalue weighted by atomic mass is 10.1. The summed E-state index contributed by atoms with van der Waals surface area (Å²) in [5.74, 6) is -0.352. The van der Waals surface area contributed by atoms with Crippen LogP contribution in [0.5, 0.6) is 0 Å². The summed E-state index contributed by atoms with van der Waals surface area (Å²) >= 11 is 0. The van der Waals surface area contributed by atoms with E-state index in [1.54, 1.807) is 12.1 Å². The number of benzene rings is 1. The number of anilines is 1. The van der Waals surface area contributed by atoms with Gasteiger partial charge in [0.1, 0.15) is 17.3 Å². The number of carbonyl (C=O) groups excluding carboxylic acids is 1. The van der Waals surface area contributed by atoms with Crippen molar-refractivity contribution >= 4 is 33.6 Å². The van der Waals surface area contributed by atoms with E-state index in [-0.39, 0.29) is 5.76 Å². The second kappa shape index (κ2) is 8.96. The summed E-state index contributed by atoms with van der Waals surface area (Å²) in [6, 6.07) is 13.5. The Kier molecular flexibility index (Phi) is 5.71. The number of nitriles is 1. The number of fused-ring (bicyclic) bond motifs is 2. The largest absolute Gasteiger partial charge is 0.451 e. The molecule has 1 aromatic carbocycles. The van der Waals surface area contributed by atoms with E-state index in [1.165, 1.54) is 5.56 Å². The number of amides is 1. The number of aromatic amines is 1. The van der Waals surface area contributed by atoms with Gasteiger partial charge in [-0.15, -0.1) is 0 Å². The number of nitrogens with zero attached hydrogens (tertiary/aromatic N) is 4. The summed E-state index contributed by atoms with van der Waals surface area (Å²) < 4.78 is 5.48. The summed E-state index contributed by atoms with van der Waals surface area (Å²) in [6.45, 7) is 5.06. The maximum absolute atomic E-state index is 11.3. The molecule has 3 N–H and O–H groups in total. The Morgan fingerprint density at radius 3 is 2.79 bits per heavy atom. The van der Waals surface area contributed by atoms with Gasteiger partial charge in [0, 0.05) is 43.4 Å². The fraction of sp³-hybridized carbons (Fsp3) is 0.320. The van der Waals surface area contributed by atoms with Crippen LogP contribution in [0.1, 0.15) is 34.7 Å². The number of aromatic nitrogens is 2. The number of hydrogen-bond acceptors (Lipinski definition) is 6. The highest BCUT2D eigenvalue weighted by atomic mass is 16.3. The molecule has 8 nitrogen and oxygen atoms in total. The van der Waals surface area contributed by atoms with E-state index in [0.717, 1.165) is 74.1 Å². The molecule has 1 amide bonds. The second-order valence-electron chi connectivity index (χ2n) is 8.50. The van der Waals surface area contributed by atoms with Gasteiger partial charge in [0.05, 0.1) is 11.0 Å². The van der Waals surface area contributed by atoms with Gasteiger partial charge in [0.15, 0.2) is 5.76 Å². The molecule has 3 aromatic heterocycles. The normalized spacial score (nSPS) is 14.7. The first-order valence-corrected chi connectivity index (χ1v) is 11.3. The van der Waals surface area contributed by atoms with E-state index in [2.05, 4.69) is 31.9 Å². The average molecular weight is 443 g/mol. The van der Waals surface area contributed by atoms with Gasteiger partial charge in [0.2, 0.25) is 0 Å². The van der Waals surface area contributed by atoms with Gasteiger partial charge in [-0.1, -0.05) is 0 Å². The molecule has 5 rings (SSSR count). The number of unbranched alkanes of at least 4 members (excludes halogenated alkanes) is 1. The first kappa shape index (κ1) is 21.0. The maximum Gasteiger partial charge on any atom is 0.284 e. The Bertz CT molecular complexity index is 1340. The first-order chi connectivity index (χ1) is 16.1. The molecule has 1 fully saturated rings.